The number of para-hydroxylation sites is 1. The maximum atomic E-state index is 11.1. The third kappa shape index (κ3) is 4.70. The topological polar surface area (TPSA) is 73.2 Å². The van der Waals surface area contributed by atoms with E-state index < -0.39 is 5.97 Å². The molecule has 0 saturated carbocycles. The molecule has 0 amide bonds. The van der Waals surface area contributed by atoms with Crippen molar-refractivity contribution >= 4 is 5.97 Å². The molecule has 1 saturated heterocycles. The Bertz CT molecular complexity index is 459. The number of aromatic carboxylic acids is 1. The lowest BCUT2D eigenvalue weighted by molar-refractivity contribution is 0.0689. The van der Waals surface area contributed by atoms with Crippen molar-refractivity contribution in [1.82, 2.24) is 9.80 Å². The summed E-state index contributed by atoms with van der Waals surface area (Å²) in [5.74, 6) is -0.549. The average molecular weight is 294 g/mol. The highest BCUT2D eigenvalue weighted by atomic mass is 16.5. The van der Waals surface area contributed by atoms with E-state index in [0.717, 1.165) is 39.3 Å². The minimum atomic E-state index is -0.969. The van der Waals surface area contributed by atoms with Crippen molar-refractivity contribution in [3.05, 3.63) is 29.8 Å². The van der Waals surface area contributed by atoms with Gasteiger partial charge >= 0.3 is 5.97 Å². The molecule has 0 spiro atoms. The number of benzene rings is 1. The molecule has 1 fully saturated rings. The molecule has 6 heteroatoms. The zero-order valence-electron chi connectivity index (χ0n) is 12.1. The fraction of sp³-hybridized carbons (Fsp3) is 0.533. The standard InChI is InChI=1S/C15H22N2O4/c18-11-9-16-5-7-17(8-6-16)10-12-21-14-4-2-1-3-13(14)15(19)20/h1-4,18H,5-12H2,(H,19,20). The third-order valence-corrected chi connectivity index (χ3v) is 3.66. The summed E-state index contributed by atoms with van der Waals surface area (Å²) < 4.78 is 5.60. The summed E-state index contributed by atoms with van der Waals surface area (Å²) in [7, 11) is 0. The lowest BCUT2D eigenvalue weighted by Crippen LogP contribution is -2.48. The highest BCUT2D eigenvalue weighted by molar-refractivity contribution is 5.90. The number of aliphatic hydroxyl groups excluding tert-OH is 1. The number of piperazine rings is 1. The van der Waals surface area contributed by atoms with Crippen LogP contribution in [0.3, 0.4) is 0 Å². The van der Waals surface area contributed by atoms with Crippen LogP contribution in [-0.4, -0.2) is 78.5 Å². The normalized spacial score (nSPS) is 16.8. The molecule has 0 aromatic heterocycles. The Morgan fingerprint density at radius 3 is 2.33 bits per heavy atom. The van der Waals surface area contributed by atoms with E-state index in [4.69, 9.17) is 14.9 Å². The summed E-state index contributed by atoms with van der Waals surface area (Å²) in [6, 6.07) is 6.69. The highest BCUT2D eigenvalue weighted by Crippen LogP contribution is 2.17. The molecule has 2 N–H and O–H groups in total. The Morgan fingerprint density at radius 1 is 1.10 bits per heavy atom. The quantitative estimate of drug-likeness (QED) is 0.757. The molecule has 0 atom stereocenters. The maximum absolute atomic E-state index is 11.1. The first-order valence-electron chi connectivity index (χ1n) is 7.21. The van der Waals surface area contributed by atoms with Gasteiger partial charge in [-0.3, -0.25) is 9.80 Å². The minimum Gasteiger partial charge on any atom is -0.491 e. The van der Waals surface area contributed by atoms with Gasteiger partial charge in [-0.1, -0.05) is 12.1 Å². The lowest BCUT2D eigenvalue weighted by atomic mass is 10.2. The molecular weight excluding hydrogens is 272 g/mol. The third-order valence-electron chi connectivity index (χ3n) is 3.66. The SMILES string of the molecule is O=C(O)c1ccccc1OCCN1CCN(CCO)CC1. The van der Waals surface area contributed by atoms with Crippen molar-refractivity contribution in [1.29, 1.82) is 0 Å². The maximum Gasteiger partial charge on any atom is 0.339 e. The predicted octanol–water partition coefficient (Wildman–Crippen LogP) is 0.373. The van der Waals surface area contributed by atoms with Gasteiger partial charge in [-0.25, -0.2) is 4.79 Å². The van der Waals surface area contributed by atoms with Crippen LogP contribution in [0.15, 0.2) is 24.3 Å². The van der Waals surface area contributed by atoms with Gasteiger partial charge in [0.1, 0.15) is 17.9 Å². The zero-order valence-corrected chi connectivity index (χ0v) is 12.1. The number of ether oxygens (including phenoxy) is 1. The van der Waals surface area contributed by atoms with Gasteiger partial charge in [0.15, 0.2) is 0 Å². The van der Waals surface area contributed by atoms with Crippen molar-refractivity contribution in [2.24, 2.45) is 0 Å². The Morgan fingerprint density at radius 2 is 1.71 bits per heavy atom. The molecule has 0 unspecified atom stereocenters. The van der Waals surface area contributed by atoms with Crippen molar-refractivity contribution in [3.8, 4) is 5.75 Å². The second-order valence-electron chi connectivity index (χ2n) is 5.06. The van der Waals surface area contributed by atoms with Crippen LogP contribution in [-0.2, 0) is 0 Å². The van der Waals surface area contributed by atoms with Gasteiger partial charge in [-0.2, -0.15) is 0 Å². The molecule has 1 aliphatic heterocycles. The van der Waals surface area contributed by atoms with Crippen molar-refractivity contribution in [2.45, 2.75) is 0 Å². The van der Waals surface area contributed by atoms with Crippen LogP contribution in [0.2, 0.25) is 0 Å². The number of aliphatic hydroxyl groups is 1. The Balaban J connectivity index is 1.74. The van der Waals surface area contributed by atoms with Gasteiger partial charge in [0.25, 0.3) is 0 Å². The molecule has 21 heavy (non-hydrogen) atoms. The molecule has 6 nitrogen and oxygen atoms in total. The van der Waals surface area contributed by atoms with Gasteiger partial charge in [0.05, 0.1) is 6.61 Å². The van der Waals surface area contributed by atoms with Gasteiger partial charge in [-0.15, -0.1) is 0 Å². The smallest absolute Gasteiger partial charge is 0.339 e. The fourth-order valence-electron chi connectivity index (χ4n) is 2.43. The number of carboxylic acid groups (broad SMARTS) is 1. The van der Waals surface area contributed by atoms with Crippen molar-refractivity contribution < 1.29 is 19.7 Å². The zero-order chi connectivity index (χ0) is 15.1. The van der Waals surface area contributed by atoms with Crippen LogP contribution in [0.1, 0.15) is 10.4 Å². The molecule has 2 rings (SSSR count). The Hall–Kier alpha value is -1.63. The van der Waals surface area contributed by atoms with Crippen LogP contribution < -0.4 is 4.74 Å². The van der Waals surface area contributed by atoms with E-state index in [-0.39, 0.29) is 12.2 Å². The first kappa shape index (κ1) is 15.8. The summed E-state index contributed by atoms with van der Waals surface area (Å²) in [6.45, 7) is 5.99. The summed E-state index contributed by atoms with van der Waals surface area (Å²) in [4.78, 5) is 15.6. The minimum absolute atomic E-state index is 0.199. The Labute approximate surface area is 124 Å². The molecular formula is C15H22N2O4. The second kappa shape index (κ2) is 7.97. The van der Waals surface area contributed by atoms with Gasteiger partial charge in [-0.05, 0) is 12.1 Å². The van der Waals surface area contributed by atoms with E-state index >= 15 is 0 Å². The van der Waals surface area contributed by atoms with Crippen LogP contribution >= 0.6 is 0 Å². The summed E-state index contributed by atoms with van der Waals surface area (Å²) in [5, 5.41) is 18.0. The average Bonchev–Trinajstić information content (AvgIpc) is 2.50. The van der Waals surface area contributed by atoms with E-state index in [2.05, 4.69) is 9.80 Å². The van der Waals surface area contributed by atoms with E-state index in [9.17, 15) is 4.79 Å². The van der Waals surface area contributed by atoms with Crippen LogP contribution in [0, 0.1) is 0 Å². The summed E-state index contributed by atoms with van der Waals surface area (Å²) in [6.07, 6.45) is 0. The first-order valence-corrected chi connectivity index (χ1v) is 7.21. The number of β-amino-alcohol motifs (C(OH)–C–C–N with tert-alkyl or cyclic N) is 1. The molecule has 116 valence electrons. The van der Waals surface area contributed by atoms with Crippen LogP contribution in [0.4, 0.5) is 0 Å². The molecule has 1 aliphatic rings. The summed E-state index contributed by atoms with van der Waals surface area (Å²) in [5.41, 5.74) is 0.199. The van der Waals surface area contributed by atoms with Crippen molar-refractivity contribution in [3.63, 3.8) is 0 Å². The molecule has 1 aromatic rings. The van der Waals surface area contributed by atoms with E-state index in [1.54, 1.807) is 24.3 Å². The predicted molar refractivity (Wildman–Crippen MR) is 78.9 cm³/mol. The molecule has 0 radical (unpaired) electrons. The van der Waals surface area contributed by atoms with Gasteiger partial charge < -0.3 is 14.9 Å². The van der Waals surface area contributed by atoms with Gasteiger partial charge in [0.2, 0.25) is 0 Å². The monoisotopic (exact) mass is 294 g/mol. The van der Waals surface area contributed by atoms with Crippen LogP contribution in [0.5, 0.6) is 5.75 Å². The van der Waals surface area contributed by atoms with Crippen LogP contribution in [0.25, 0.3) is 0 Å². The van der Waals surface area contributed by atoms with Crippen molar-refractivity contribution in [2.75, 3.05) is 52.5 Å². The largest absolute Gasteiger partial charge is 0.491 e. The molecule has 0 bridgehead atoms. The van der Waals surface area contributed by atoms with E-state index in [1.807, 2.05) is 0 Å². The fourth-order valence-corrected chi connectivity index (χ4v) is 2.43. The van der Waals surface area contributed by atoms with E-state index in [0.29, 0.717) is 12.4 Å². The number of carbonyl (C=O) groups is 1. The molecule has 1 heterocycles. The second-order valence-corrected chi connectivity index (χ2v) is 5.06. The number of hydrogen-bond acceptors (Lipinski definition) is 5. The molecule has 1 aromatic carbocycles. The summed E-state index contributed by atoms with van der Waals surface area (Å²) >= 11 is 0. The number of carboxylic acids is 1. The van der Waals surface area contributed by atoms with E-state index in [1.165, 1.54) is 0 Å². The Kier molecular flexibility index (Phi) is 5.98. The molecule has 0 aliphatic carbocycles. The number of rotatable bonds is 7. The lowest BCUT2D eigenvalue weighted by Gasteiger charge is -2.34. The number of hydrogen-bond donors (Lipinski definition) is 2. The first-order chi connectivity index (χ1) is 10.2. The van der Waals surface area contributed by atoms with Gasteiger partial charge in [0, 0.05) is 39.3 Å². The highest BCUT2D eigenvalue weighted by Gasteiger charge is 2.16. The number of nitrogens with zero attached hydrogens (tertiary/aromatic N) is 2.